The SMILES string of the molecule is CCOC(=O)c1ccccc1NC(=O)CN1C(=O)NC2(CCCC2)C1=O. The average Bonchev–Trinajstić information content (AvgIpc) is 3.17. The van der Waals surface area contributed by atoms with Crippen LogP contribution in [0.5, 0.6) is 0 Å². The maximum atomic E-state index is 12.6. The summed E-state index contributed by atoms with van der Waals surface area (Å²) in [4.78, 5) is 50.0. The lowest BCUT2D eigenvalue weighted by atomic mass is 9.98. The maximum Gasteiger partial charge on any atom is 0.340 e. The minimum atomic E-state index is -0.847. The van der Waals surface area contributed by atoms with E-state index in [2.05, 4.69) is 10.6 Å². The molecule has 4 amide bonds. The van der Waals surface area contributed by atoms with Gasteiger partial charge >= 0.3 is 12.0 Å². The predicted molar refractivity (Wildman–Crippen MR) is 92.5 cm³/mol. The summed E-state index contributed by atoms with van der Waals surface area (Å²) in [5.41, 5.74) is -0.356. The normalized spacial score (nSPS) is 18.1. The molecule has 1 aliphatic carbocycles. The highest BCUT2D eigenvalue weighted by atomic mass is 16.5. The highest BCUT2D eigenvalue weighted by Gasteiger charge is 2.52. The molecule has 2 N–H and O–H groups in total. The highest BCUT2D eigenvalue weighted by molar-refractivity contribution is 6.10. The average molecular weight is 359 g/mol. The third-order valence-electron chi connectivity index (χ3n) is 4.70. The van der Waals surface area contributed by atoms with Crippen molar-refractivity contribution in [3.63, 3.8) is 0 Å². The number of hydrogen-bond acceptors (Lipinski definition) is 5. The van der Waals surface area contributed by atoms with Gasteiger partial charge in [-0.2, -0.15) is 0 Å². The Bertz CT molecular complexity index is 755. The first-order valence-electron chi connectivity index (χ1n) is 8.67. The number of esters is 1. The standard InChI is InChI=1S/C18H21N3O5/c1-2-26-15(23)12-7-3-4-8-13(12)19-14(22)11-21-16(24)18(20-17(21)25)9-5-6-10-18/h3-4,7-8H,2,5-6,9-11H2,1H3,(H,19,22)(H,20,25). The molecule has 1 spiro atoms. The summed E-state index contributed by atoms with van der Waals surface area (Å²) in [6.45, 7) is 1.50. The van der Waals surface area contributed by atoms with Crippen molar-refractivity contribution in [1.29, 1.82) is 0 Å². The van der Waals surface area contributed by atoms with Gasteiger partial charge < -0.3 is 15.4 Å². The van der Waals surface area contributed by atoms with Crippen molar-refractivity contribution in [2.24, 2.45) is 0 Å². The van der Waals surface area contributed by atoms with Crippen LogP contribution in [0.2, 0.25) is 0 Å². The number of nitrogens with zero attached hydrogens (tertiary/aromatic N) is 1. The number of rotatable bonds is 5. The van der Waals surface area contributed by atoms with Crippen molar-refractivity contribution < 1.29 is 23.9 Å². The number of nitrogens with one attached hydrogen (secondary N) is 2. The van der Waals surface area contributed by atoms with Gasteiger partial charge in [-0.1, -0.05) is 25.0 Å². The van der Waals surface area contributed by atoms with E-state index in [1.165, 1.54) is 6.07 Å². The van der Waals surface area contributed by atoms with Gasteiger partial charge in [0, 0.05) is 0 Å². The summed E-state index contributed by atoms with van der Waals surface area (Å²) in [7, 11) is 0. The molecule has 0 unspecified atom stereocenters. The summed E-state index contributed by atoms with van der Waals surface area (Å²) >= 11 is 0. The molecule has 1 aromatic carbocycles. The van der Waals surface area contributed by atoms with Crippen molar-refractivity contribution >= 4 is 29.5 Å². The second-order valence-electron chi connectivity index (χ2n) is 6.42. The fraction of sp³-hybridized carbons (Fsp3) is 0.444. The van der Waals surface area contributed by atoms with Crippen molar-refractivity contribution in [2.45, 2.75) is 38.1 Å². The van der Waals surface area contributed by atoms with Crippen LogP contribution in [0.25, 0.3) is 0 Å². The molecule has 2 fully saturated rings. The summed E-state index contributed by atoms with van der Waals surface area (Å²) in [6.07, 6.45) is 2.95. The third kappa shape index (κ3) is 3.26. The van der Waals surface area contributed by atoms with E-state index in [9.17, 15) is 19.2 Å². The van der Waals surface area contributed by atoms with Crippen LogP contribution in [0.3, 0.4) is 0 Å². The Morgan fingerprint density at radius 2 is 1.92 bits per heavy atom. The van der Waals surface area contributed by atoms with Crippen LogP contribution in [-0.2, 0) is 14.3 Å². The Hall–Kier alpha value is -2.90. The van der Waals surface area contributed by atoms with E-state index in [-0.39, 0.29) is 23.8 Å². The summed E-state index contributed by atoms with van der Waals surface area (Å²) in [6, 6.07) is 5.87. The van der Waals surface area contributed by atoms with E-state index in [1.807, 2.05) is 0 Å². The lowest BCUT2D eigenvalue weighted by Gasteiger charge is -2.20. The second-order valence-corrected chi connectivity index (χ2v) is 6.42. The smallest absolute Gasteiger partial charge is 0.340 e. The molecule has 1 heterocycles. The van der Waals surface area contributed by atoms with E-state index >= 15 is 0 Å². The van der Waals surface area contributed by atoms with Crippen molar-refractivity contribution in [1.82, 2.24) is 10.2 Å². The monoisotopic (exact) mass is 359 g/mol. The molecule has 0 aromatic heterocycles. The van der Waals surface area contributed by atoms with E-state index < -0.39 is 30.0 Å². The minimum absolute atomic E-state index is 0.214. The van der Waals surface area contributed by atoms with Gasteiger partial charge in [-0.05, 0) is 31.9 Å². The lowest BCUT2D eigenvalue weighted by Crippen LogP contribution is -2.44. The van der Waals surface area contributed by atoms with E-state index in [1.54, 1.807) is 25.1 Å². The summed E-state index contributed by atoms with van der Waals surface area (Å²) in [5.74, 6) is -1.46. The zero-order chi connectivity index (χ0) is 18.7. The van der Waals surface area contributed by atoms with Gasteiger partial charge in [-0.15, -0.1) is 0 Å². The Morgan fingerprint density at radius 3 is 2.62 bits per heavy atom. The molecule has 3 rings (SSSR count). The van der Waals surface area contributed by atoms with Gasteiger partial charge in [-0.3, -0.25) is 14.5 Å². The number of para-hydroxylation sites is 1. The molecule has 1 saturated carbocycles. The Kier molecular flexibility index (Phi) is 4.92. The lowest BCUT2D eigenvalue weighted by molar-refractivity contribution is -0.133. The topological polar surface area (TPSA) is 105 Å². The number of benzene rings is 1. The van der Waals surface area contributed by atoms with E-state index in [0.717, 1.165) is 17.7 Å². The Balaban J connectivity index is 1.69. The van der Waals surface area contributed by atoms with E-state index in [0.29, 0.717) is 12.8 Å². The number of anilines is 1. The summed E-state index contributed by atoms with van der Waals surface area (Å²) < 4.78 is 4.96. The quantitative estimate of drug-likeness (QED) is 0.615. The van der Waals surface area contributed by atoms with Crippen LogP contribution >= 0.6 is 0 Å². The maximum absolute atomic E-state index is 12.6. The van der Waals surface area contributed by atoms with Crippen LogP contribution in [-0.4, -0.2) is 47.4 Å². The van der Waals surface area contributed by atoms with Gasteiger partial charge in [0.25, 0.3) is 5.91 Å². The number of carbonyl (C=O) groups is 4. The predicted octanol–water partition coefficient (Wildman–Crippen LogP) is 1.67. The molecule has 26 heavy (non-hydrogen) atoms. The minimum Gasteiger partial charge on any atom is -0.462 e. The fourth-order valence-corrected chi connectivity index (χ4v) is 3.45. The van der Waals surface area contributed by atoms with Crippen molar-refractivity contribution in [2.75, 3.05) is 18.5 Å². The zero-order valence-corrected chi connectivity index (χ0v) is 14.5. The first-order chi connectivity index (χ1) is 12.5. The number of ether oxygens (including phenoxy) is 1. The van der Waals surface area contributed by atoms with E-state index in [4.69, 9.17) is 4.74 Å². The molecule has 138 valence electrons. The molecule has 1 aliphatic heterocycles. The van der Waals surface area contributed by atoms with Gasteiger partial charge in [0.1, 0.15) is 12.1 Å². The Labute approximate surface area is 150 Å². The molecule has 1 saturated heterocycles. The zero-order valence-electron chi connectivity index (χ0n) is 14.5. The number of carbonyl (C=O) groups excluding carboxylic acids is 4. The highest BCUT2D eigenvalue weighted by Crippen LogP contribution is 2.34. The van der Waals surface area contributed by atoms with Gasteiger partial charge in [-0.25, -0.2) is 9.59 Å². The fourth-order valence-electron chi connectivity index (χ4n) is 3.45. The van der Waals surface area contributed by atoms with Crippen LogP contribution < -0.4 is 10.6 Å². The molecule has 0 bridgehead atoms. The number of amides is 4. The van der Waals surface area contributed by atoms with Crippen LogP contribution in [0, 0.1) is 0 Å². The molecule has 2 aliphatic rings. The Morgan fingerprint density at radius 1 is 1.23 bits per heavy atom. The number of urea groups is 1. The molecule has 8 heteroatoms. The van der Waals surface area contributed by atoms with Crippen LogP contribution in [0.15, 0.2) is 24.3 Å². The van der Waals surface area contributed by atoms with Crippen LogP contribution in [0.4, 0.5) is 10.5 Å². The van der Waals surface area contributed by atoms with Gasteiger partial charge in [0.2, 0.25) is 5.91 Å². The second kappa shape index (κ2) is 7.15. The number of hydrogen-bond donors (Lipinski definition) is 2. The molecule has 8 nitrogen and oxygen atoms in total. The van der Waals surface area contributed by atoms with Crippen molar-refractivity contribution in [3.8, 4) is 0 Å². The largest absolute Gasteiger partial charge is 0.462 e. The summed E-state index contributed by atoms with van der Waals surface area (Å²) in [5, 5.41) is 5.31. The molecular weight excluding hydrogens is 338 g/mol. The molecule has 0 radical (unpaired) electrons. The van der Waals surface area contributed by atoms with Gasteiger partial charge in [0.05, 0.1) is 17.9 Å². The van der Waals surface area contributed by atoms with Gasteiger partial charge in [0.15, 0.2) is 0 Å². The van der Waals surface area contributed by atoms with Crippen molar-refractivity contribution in [3.05, 3.63) is 29.8 Å². The third-order valence-corrected chi connectivity index (χ3v) is 4.70. The molecule has 1 aromatic rings. The first kappa shape index (κ1) is 17.9. The molecular formula is C18H21N3O5. The molecule has 0 atom stereocenters. The van der Waals surface area contributed by atoms with Crippen LogP contribution in [0.1, 0.15) is 43.0 Å². The first-order valence-corrected chi connectivity index (χ1v) is 8.67. The number of imide groups is 1.